The van der Waals surface area contributed by atoms with Gasteiger partial charge in [-0.15, -0.1) is 0 Å². The first-order valence-corrected chi connectivity index (χ1v) is 8.33. The molecule has 1 saturated heterocycles. The van der Waals surface area contributed by atoms with Crippen LogP contribution >= 0.6 is 0 Å². The number of hydrogen-bond donors (Lipinski definition) is 1. The molecule has 0 bridgehead atoms. The van der Waals surface area contributed by atoms with E-state index in [2.05, 4.69) is 37.1 Å². The number of hydrogen-bond acceptors (Lipinski definition) is 2. The lowest BCUT2D eigenvalue weighted by Gasteiger charge is -2.44. The Kier molecular flexibility index (Phi) is 5.47. The van der Waals surface area contributed by atoms with E-state index in [1.165, 1.54) is 58.0 Å². The van der Waals surface area contributed by atoms with Gasteiger partial charge in [-0.2, -0.15) is 0 Å². The molecular weight excluding hydrogens is 232 g/mol. The van der Waals surface area contributed by atoms with Gasteiger partial charge < -0.3 is 5.32 Å². The summed E-state index contributed by atoms with van der Waals surface area (Å²) in [6, 6.07) is 0.536. The third kappa shape index (κ3) is 3.61. The van der Waals surface area contributed by atoms with E-state index in [-0.39, 0.29) is 5.54 Å². The average molecular weight is 264 g/mol. The Morgan fingerprint density at radius 2 is 1.89 bits per heavy atom. The Hall–Kier alpha value is -0.340. The molecule has 1 N–H and O–H groups in total. The van der Waals surface area contributed by atoms with Gasteiger partial charge in [-0.25, -0.2) is 0 Å². The van der Waals surface area contributed by atoms with Crippen LogP contribution in [0.4, 0.5) is 0 Å². The van der Waals surface area contributed by atoms with Crippen molar-refractivity contribution in [3.05, 3.63) is 11.6 Å². The third-order valence-corrected chi connectivity index (χ3v) is 4.98. The maximum absolute atomic E-state index is 3.79. The first-order chi connectivity index (χ1) is 9.16. The first-order valence-electron chi connectivity index (χ1n) is 8.33. The van der Waals surface area contributed by atoms with Crippen molar-refractivity contribution in [1.29, 1.82) is 0 Å². The van der Waals surface area contributed by atoms with Crippen LogP contribution < -0.4 is 5.32 Å². The molecule has 1 heterocycles. The molecule has 0 spiro atoms. The molecule has 0 aromatic rings. The molecule has 2 aliphatic rings. The van der Waals surface area contributed by atoms with Crippen LogP contribution in [0.15, 0.2) is 11.6 Å². The van der Waals surface area contributed by atoms with Gasteiger partial charge in [0, 0.05) is 11.6 Å². The van der Waals surface area contributed by atoms with Crippen molar-refractivity contribution >= 4 is 0 Å². The fourth-order valence-electron chi connectivity index (χ4n) is 3.82. The summed E-state index contributed by atoms with van der Waals surface area (Å²) in [5.74, 6) is 0. The number of likely N-dealkylation sites (tertiary alicyclic amines) is 1. The van der Waals surface area contributed by atoms with Crippen LogP contribution in [0.25, 0.3) is 0 Å². The van der Waals surface area contributed by atoms with Crippen molar-refractivity contribution in [3.63, 3.8) is 0 Å². The molecule has 0 aromatic carbocycles. The molecule has 2 rings (SSSR count). The quantitative estimate of drug-likeness (QED) is 0.761. The zero-order valence-electron chi connectivity index (χ0n) is 13.2. The summed E-state index contributed by atoms with van der Waals surface area (Å²) in [5, 5.41) is 3.79. The minimum Gasteiger partial charge on any atom is -0.309 e. The summed E-state index contributed by atoms with van der Waals surface area (Å²) in [6.07, 6.45) is 12.0. The van der Waals surface area contributed by atoms with Gasteiger partial charge in [0.2, 0.25) is 0 Å². The maximum Gasteiger partial charge on any atom is 0.0461 e. The molecule has 1 unspecified atom stereocenters. The topological polar surface area (TPSA) is 15.3 Å². The monoisotopic (exact) mass is 264 g/mol. The van der Waals surface area contributed by atoms with Crippen molar-refractivity contribution in [2.24, 2.45) is 0 Å². The van der Waals surface area contributed by atoms with Crippen LogP contribution in [0, 0.1) is 0 Å². The fourth-order valence-corrected chi connectivity index (χ4v) is 3.82. The number of likely N-dealkylation sites (N-methyl/N-ethyl adjacent to an activating group) is 1. The smallest absolute Gasteiger partial charge is 0.0461 e. The summed E-state index contributed by atoms with van der Waals surface area (Å²) in [4.78, 5) is 2.70. The van der Waals surface area contributed by atoms with Crippen molar-refractivity contribution in [3.8, 4) is 0 Å². The lowest BCUT2D eigenvalue weighted by atomic mass is 9.84. The standard InChI is InChI=1S/C17H32N2/c1-4-18-16(15-11-7-5-6-8-12-15)17(2,3)19-13-9-10-14-19/h11,16,18H,4-10,12-14H2,1-3H3. The molecular formula is C17H32N2. The third-order valence-electron chi connectivity index (χ3n) is 4.98. The molecule has 1 atom stereocenters. The van der Waals surface area contributed by atoms with E-state index in [4.69, 9.17) is 0 Å². The van der Waals surface area contributed by atoms with Crippen molar-refractivity contribution in [2.45, 2.75) is 77.3 Å². The predicted octanol–water partition coefficient (Wildman–Crippen LogP) is 3.73. The van der Waals surface area contributed by atoms with Gasteiger partial charge in [0.25, 0.3) is 0 Å². The maximum atomic E-state index is 3.79. The van der Waals surface area contributed by atoms with Crippen LogP contribution in [0.3, 0.4) is 0 Å². The van der Waals surface area contributed by atoms with E-state index in [0.717, 1.165) is 6.54 Å². The van der Waals surface area contributed by atoms with Crippen molar-refractivity contribution in [1.82, 2.24) is 10.2 Å². The molecule has 0 amide bonds. The van der Waals surface area contributed by atoms with E-state index in [0.29, 0.717) is 6.04 Å². The molecule has 2 nitrogen and oxygen atoms in total. The minimum atomic E-state index is 0.253. The average Bonchev–Trinajstić information content (AvgIpc) is 2.81. The molecule has 0 radical (unpaired) electrons. The fraction of sp³-hybridized carbons (Fsp3) is 0.882. The van der Waals surface area contributed by atoms with Crippen LogP contribution in [-0.4, -0.2) is 36.1 Å². The van der Waals surface area contributed by atoms with Gasteiger partial charge in [-0.05, 0) is 72.0 Å². The molecule has 110 valence electrons. The Morgan fingerprint density at radius 1 is 1.16 bits per heavy atom. The predicted molar refractivity (Wildman–Crippen MR) is 83.5 cm³/mol. The molecule has 1 aliphatic heterocycles. The van der Waals surface area contributed by atoms with Crippen molar-refractivity contribution in [2.75, 3.05) is 19.6 Å². The molecule has 0 saturated carbocycles. The second-order valence-electron chi connectivity index (χ2n) is 6.72. The minimum absolute atomic E-state index is 0.253. The van der Waals surface area contributed by atoms with Crippen molar-refractivity contribution < 1.29 is 0 Å². The highest BCUT2D eigenvalue weighted by molar-refractivity contribution is 5.19. The van der Waals surface area contributed by atoms with Gasteiger partial charge in [0.15, 0.2) is 0 Å². The number of nitrogens with zero attached hydrogens (tertiary/aromatic N) is 1. The Morgan fingerprint density at radius 3 is 2.58 bits per heavy atom. The number of nitrogens with one attached hydrogen (secondary N) is 1. The normalized spacial score (nSPS) is 24.1. The first kappa shape index (κ1) is 15.1. The van der Waals surface area contributed by atoms with Gasteiger partial charge >= 0.3 is 0 Å². The highest BCUT2D eigenvalue weighted by Crippen LogP contribution is 2.31. The van der Waals surface area contributed by atoms with E-state index in [9.17, 15) is 0 Å². The number of rotatable bonds is 5. The van der Waals surface area contributed by atoms with Gasteiger partial charge in [-0.3, -0.25) is 4.90 Å². The molecule has 2 heteroatoms. The molecule has 19 heavy (non-hydrogen) atoms. The molecule has 0 aromatic heterocycles. The summed E-state index contributed by atoms with van der Waals surface area (Å²) in [5.41, 5.74) is 1.93. The van der Waals surface area contributed by atoms with E-state index in [1.807, 2.05) is 0 Å². The van der Waals surface area contributed by atoms with Crippen LogP contribution in [0.5, 0.6) is 0 Å². The largest absolute Gasteiger partial charge is 0.309 e. The van der Waals surface area contributed by atoms with E-state index in [1.54, 1.807) is 5.57 Å². The summed E-state index contributed by atoms with van der Waals surface area (Å²) < 4.78 is 0. The highest BCUT2D eigenvalue weighted by Gasteiger charge is 2.37. The van der Waals surface area contributed by atoms with Crippen LogP contribution in [0.2, 0.25) is 0 Å². The van der Waals surface area contributed by atoms with Gasteiger partial charge in [0.1, 0.15) is 0 Å². The van der Waals surface area contributed by atoms with E-state index >= 15 is 0 Å². The van der Waals surface area contributed by atoms with E-state index < -0.39 is 0 Å². The lowest BCUT2D eigenvalue weighted by Crippen LogP contribution is -2.57. The Bertz CT molecular complexity index is 300. The second kappa shape index (κ2) is 6.90. The summed E-state index contributed by atoms with van der Waals surface area (Å²) >= 11 is 0. The van der Waals surface area contributed by atoms with Crippen LogP contribution in [-0.2, 0) is 0 Å². The summed E-state index contributed by atoms with van der Waals surface area (Å²) in [7, 11) is 0. The highest BCUT2D eigenvalue weighted by atomic mass is 15.2. The zero-order chi connectivity index (χ0) is 13.7. The Labute approximate surface area is 119 Å². The molecule has 1 fully saturated rings. The van der Waals surface area contributed by atoms with Gasteiger partial charge in [0.05, 0.1) is 0 Å². The lowest BCUT2D eigenvalue weighted by molar-refractivity contribution is 0.120. The van der Waals surface area contributed by atoms with Gasteiger partial charge in [-0.1, -0.05) is 25.0 Å². The SMILES string of the molecule is CCNC(C1=CCCCCC1)C(C)(C)N1CCCC1. The van der Waals surface area contributed by atoms with Crippen LogP contribution in [0.1, 0.15) is 65.7 Å². The summed E-state index contributed by atoms with van der Waals surface area (Å²) in [6.45, 7) is 10.8. The number of allylic oxidation sites excluding steroid dienone is 1. The zero-order valence-corrected chi connectivity index (χ0v) is 13.2. The second-order valence-corrected chi connectivity index (χ2v) is 6.72. The molecule has 1 aliphatic carbocycles. The Balaban J connectivity index is 2.14.